The molecule has 1 amide bonds. The largest absolute Gasteiger partial charge is 1.00 e. The molecule has 24 heteroatoms. The average Bonchev–Trinajstić information content (AvgIpc) is 3.10. The fourth-order valence-electron chi connectivity index (χ4n) is 3.71. The molecule has 2 saturated heterocycles. The van der Waals surface area contributed by atoms with E-state index in [1.165, 1.54) is 0 Å². The van der Waals surface area contributed by atoms with Gasteiger partial charge in [0.1, 0.15) is 36.6 Å². The van der Waals surface area contributed by atoms with Crippen LogP contribution in [0.2, 0.25) is 0 Å². The van der Waals surface area contributed by atoms with Crippen molar-refractivity contribution in [2.75, 3.05) is 13.2 Å². The molecule has 41 heavy (non-hydrogen) atoms. The van der Waals surface area contributed by atoms with Crippen LogP contribution in [-0.4, -0.2) is 98.1 Å². The monoisotopic (exact) mass is 621 g/mol. The van der Waals surface area contributed by atoms with E-state index in [1.54, 1.807) is 0 Å². The van der Waals surface area contributed by atoms with Gasteiger partial charge in [0.25, 0.3) is 21.2 Å². The second-order valence-corrected chi connectivity index (χ2v) is 11.2. The van der Waals surface area contributed by atoms with Crippen LogP contribution in [-0.2, 0) is 36.8 Å². The van der Waals surface area contributed by atoms with Crippen molar-refractivity contribution in [1.29, 1.82) is 0 Å². The van der Waals surface area contributed by atoms with E-state index >= 15 is 0 Å². The van der Waals surface area contributed by atoms with Crippen LogP contribution in [0, 0.1) is 0 Å². The molecule has 11 unspecified atom stereocenters. The van der Waals surface area contributed by atoms with Gasteiger partial charge in [-0.25, -0.2) is 13.5 Å². The first-order valence-corrected chi connectivity index (χ1v) is 13.8. The van der Waals surface area contributed by atoms with Crippen molar-refractivity contribution < 1.29 is 109 Å². The van der Waals surface area contributed by atoms with Gasteiger partial charge >= 0.3 is 43.4 Å². The first-order valence-electron chi connectivity index (χ1n) is 10.9. The maximum absolute atomic E-state index is 14.2. The SMILES string of the molecule is CC(=O)NC1C(OP(=O)([O-])OP(=O)([O-])OCC2OC(n3ccc(=O)[nH]c3=O)C(O)C2O)OC(CO)C(F)C1O.[Li+].[Li+]. The fraction of sp³-hybridized carbons (Fsp3) is 0.706. The number of aliphatic hydroxyl groups excluding tert-OH is 4. The Morgan fingerprint density at radius 1 is 1.12 bits per heavy atom. The van der Waals surface area contributed by atoms with Crippen LogP contribution < -0.4 is 64.1 Å². The molecular weight excluding hydrogens is 597 g/mol. The molecule has 2 aliphatic rings. The van der Waals surface area contributed by atoms with Gasteiger partial charge in [-0.2, -0.15) is 0 Å². The number of aromatic nitrogens is 2. The van der Waals surface area contributed by atoms with Crippen LogP contribution in [0.3, 0.4) is 0 Å². The van der Waals surface area contributed by atoms with Gasteiger partial charge in [-0.1, -0.05) is 0 Å². The molecule has 1 aromatic rings. The Morgan fingerprint density at radius 3 is 2.32 bits per heavy atom. The van der Waals surface area contributed by atoms with Gasteiger partial charge in [0.05, 0.1) is 13.2 Å². The van der Waals surface area contributed by atoms with Gasteiger partial charge < -0.3 is 49.5 Å². The molecule has 6 N–H and O–H groups in total. The number of halogens is 1. The van der Waals surface area contributed by atoms with Crippen molar-refractivity contribution in [1.82, 2.24) is 14.9 Å². The molecule has 0 radical (unpaired) electrons. The van der Waals surface area contributed by atoms with E-state index in [-0.39, 0.29) is 37.7 Å². The third-order valence-corrected chi connectivity index (χ3v) is 8.03. The van der Waals surface area contributed by atoms with Gasteiger partial charge in [0, 0.05) is 19.2 Å². The topological polar surface area (TPSA) is 291 Å². The van der Waals surface area contributed by atoms with Crippen molar-refractivity contribution in [2.24, 2.45) is 0 Å². The Morgan fingerprint density at radius 2 is 1.76 bits per heavy atom. The molecule has 19 nitrogen and oxygen atoms in total. The van der Waals surface area contributed by atoms with Gasteiger partial charge in [-0.3, -0.25) is 32.8 Å². The summed E-state index contributed by atoms with van der Waals surface area (Å²) in [6, 6.07) is -0.976. The number of phosphoric ester groups is 2. The number of carbonyl (C=O) groups is 1. The number of nitrogens with one attached hydrogen (secondary N) is 2. The van der Waals surface area contributed by atoms with Gasteiger partial charge in [-0.05, 0) is 0 Å². The van der Waals surface area contributed by atoms with Crippen LogP contribution in [0.1, 0.15) is 13.2 Å². The second-order valence-electron chi connectivity index (χ2n) is 8.33. The van der Waals surface area contributed by atoms with Gasteiger partial charge in [-0.15, -0.1) is 0 Å². The number of hydrogen-bond acceptors (Lipinski definition) is 16. The summed E-state index contributed by atoms with van der Waals surface area (Å²) in [5.41, 5.74) is -1.80. The molecule has 2 fully saturated rings. The second kappa shape index (κ2) is 15.3. The molecule has 222 valence electrons. The summed E-state index contributed by atoms with van der Waals surface area (Å²) in [7, 11) is -11.8. The summed E-state index contributed by atoms with van der Waals surface area (Å²) >= 11 is 0. The number of alkyl halides is 1. The van der Waals surface area contributed by atoms with Gasteiger partial charge in [0.15, 0.2) is 18.7 Å². The Hall–Kier alpha value is -0.705. The Labute approximate surface area is 253 Å². The van der Waals surface area contributed by atoms with Crippen molar-refractivity contribution in [3.8, 4) is 0 Å². The van der Waals surface area contributed by atoms with E-state index < -0.39 is 101 Å². The van der Waals surface area contributed by atoms with Crippen LogP contribution in [0.15, 0.2) is 21.9 Å². The van der Waals surface area contributed by atoms with Crippen LogP contribution in [0.5, 0.6) is 0 Å². The fourth-order valence-corrected chi connectivity index (χ4v) is 5.80. The summed E-state index contributed by atoms with van der Waals surface area (Å²) in [5, 5.41) is 41.5. The molecule has 0 aliphatic carbocycles. The molecule has 1 aromatic heterocycles. The number of aromatic amines is 1. The number of rotatable bonds is 10. The summed E-state index contributed by atoms with van der Waals surface area (Å²) in [6.07, 6.45) is -14.5. The third-order valence-electron chi connectivity index (χ3n) is 5.49. The Balaban J connectivity index is 0.00000420. The minimum atomic E-state index is -5.98. The maximum atomic E-state index is 14.2. The molecular formula is C17H24FLi2N3O16P2. The molecule has 0 aromatic carbocycles. The molecule has 3 rings (SSSR count). The normalized spacial score (nSPS) is 34.4. The van der Waals surface area contributed by atoms with E-state index in [1.807, 2.05) is 10.3 Å². The van der Waals surface area contributed by atoms with Crippen molar-refractivity contribution >= 4 is 21.6 Å². The summed E-state index contributed by atoms with van der Waals surface area (Å²) in [5.74, 6) is -0.884. The number of phosphoric acid groups is 2. The number of ether oxygens (including phenoxy) is 2. The average molecular weight is 621 g/mol. The summed E-state index contributed by atoms with van der Waals surface area (Å²) in [6.45, 7) is -1.27. The molecule has 0 spiro atoms. The van der Waals surface area contributed by atoms with Crippen LogP contribution in [0.4, 0.5) is 4.39 Å². The zero-order valence-corrected chi connectivity index (χ0v) is 23.5. The molecule has 0 bridgehead atoms. The molecule has 3 heterocycles. The number of H-pyrrole nitrogens is 1. The first-order chi connectivity index (χ1) is 18.0. The maximum Gasteiger partial charge on any atom is 1.00 e. The zero-order valence-electron chi connectivity index (χ0n) is 21.7. The minimum Gasteiger partial charge on any atom is -0.756 e. The minimum absolute atomic E-state index is 0. The van der Waals surface area contributed by atoms with Crippen LogP contribution in [0.25, 0.3) is 0 Å². The predicted octanol–water partition coefficient (Wildman–Crippen LogP) is -10.9. The third kappa shape index (κ3) is 9.64. The number of aliphatic hydroxyl groups is 4. The van der Waals surface area contributed by atoms with Crippen molar-refractivity contribution in [3.05, 3.63) is 33.1 Å². The zero-order chi connectivity index (χ0) is 29.3. The van der Waals surface area contributed by atoms with Crippen molar-refractivity contribution in [2.45, 2.75) is 62.2 Å². The smallest absolute Gasteiger partial charge is 0.756 e. The quantitative estimate of drug-likeness (QED) is 0.104. The first kappa shape index (κ1) is 38.3. The van der Waals surface area contributed by atoms with Crippen LogP contribution >= 0.6 is 15.6 Å². The van der Waals surface area contributed by atoms with Crippen molar-refractivity contribution in [3.63, 3.8) is 0 Å². The number of amides is 1. The number of nitrogens with zero attached hydrogens (tertiary/aromatic N) is 1. The number of hydrogen-bond donors (Lipinski definition) is 6. The van der Waals surface area contributed by atoms with E-state index in [0.717, 1.165) is 19.2 Å². The van der Waals surface area contributed by atoms with E-state index in [0.29, 0.717) is 4.57 Å². The van der Waals surface area contributed by atoms with E-state index in [4.69, 9.17) is 9.47 Å². The summed E-state index contributed by atoms with van der Waals surface area (Å²) in [4.78, 5) is 60.8. The van der Waals surface area contributed by atoms with E-state index in [2.05, 4.69) is 13.4 Å². The molecule has 0 saturated carbocycles. The molecule has 11 atom stereocenters. The summed E-state index contributed by atoms with van der Waals surface area (Å²) < 4.78 is 62.1. The molecule has 2 aliphatic heterocycles. The predicted molar refractivity (Wildman–Crippen MR) is 115 cm³/mol. The standard InChI is InChI=1S/C17H26FN3O16P2.2Li/c1-6(23)19-11-13(26)10(18)7(4-22)35-16(11)36-39(31,32)37-38(29,30)33-5-8-12(25)14(27)15(34-8)21-3-2-9(24)20-17(21)28;;/h2-3,7-8,10-16,22,25-27H,4-5H2,1H3,(H,19,23)(H,29,30)(H,31,32)(H,20,24,28);;/q;2*+1/p-2. The Kier molecular flexibility index (Phi) is 14.3. The Bertz CT molecular complexity index is 1260. The number of carbonyl (C=O) groups excluding carboxylic acids is 1. The van der Waals surface area contributed by atoms with E-state index in [9.17, 15) is 58.1 Å². The van der Waals surface area contributed by atoms with Gasteiger partial charge in [0.2, 0.25) is 5.91 Å².